The zero-order valence-corrected chi connectivity index (χ0v) is 10.1. The summed E-state index contributed by atoms with van der Waals surface area (Å²) in [6.45, 7) is 3.10. The van der Waals surface area contributed by atoms with Gasteiger partial charge in [-0.15, -0.1) is 0 Å². The Labute approximate surface area is 104 Å². The van der Waals surface area contributed by atoms with E-state index in [-0.39, 0.29) is 19.2 Å². The van der Waals surface area contributed by atoms with Crippen LogP contribution in [0.15, 0.2) is 12.1 Å². The number of carbonyl (C=O) groups is 1. The average molecular weight is 257 g/mol. The molecule has 2 rings (SSSR count). The lowest BCUT2D eigenvalue weighted by atomic mass is 10.2. The lowest BCUT2D eigenvalue weighted by Gasteiger charge is -2.08. The predicted molar refractivity (Wildman–Crippen MR) is 64.7 cm³/mol. The number of ether oxygens (including phenoxy) is 2. The molecule has 1 amide bonds. The molecule has 6 heteroatoms. The molecule has 0 aromatic heterocycles. The molecule has 0 aliphatic carbocycles. The lowest BCUT2D eigenvalue weighted by Crippen LogP contribution is -2.27. The normalized spacial score (nSPS) is 12.6. The van der Waals surface area contributed by atoms with Crippen molar-refractivity contribution in [3.05, 3.63) is 17.2 Å². The summed E-state index contributed by atoms with van der Waals surface area (Å²) in [7, 11) is 0. The quantitative estimate of drug-likeness (QED) is 0.859. The van der Waals surface area contributed by atoms with E-state index in [1.54, 1.807) is 12.1 Å². The summed E-state index contributed by atoms with van der Waals surface area (Å²) in [5, 5.41) is 6.06. The minimum atomic E-state index is -0.146. The summed E-state index contributed by atoms with van der Waals surface area (Å²) in [4.78, 5) is 11.5. The van der Waals surface area contributed by atoms with E-state index < -0.39 is 0 Å². The van der Waals surface area contributed by atoms with Crippen LogP contribution < -0.4 is 20.1 Å². The van der Waals surface area contributed by atoms with Gasteiger partial charge in [0, 0.05) is 12.1 Å². The number of hydrogen-bond donors (Lipinski definition) is 2. The molecule has 0 saturated heterocycles. The van der Waals surface area contributed by atoms with Crippen molar-refractivity contribution >= 4 is 23.2 Å². The fourth-order valence-corrected chi connectivity index (χ4v) is 1.65. The smallest absolute Gasteiger partial charge is 0.238 e. The van der Waals surface area contributed by atoms with Gasteiger partial charge in [-0.05, 0) is 6.54 Å². The van der Waals surface area contributed by atoms with E-state index in [2.05, 4.69) is 10.6 Å². The van der Waals surface area contributed by atoms with Crippen molar-refractivity contribution in [1.82, 2.24) is 5.32 Å². The average Bonchev–Trinajstić information content (AvgIpc) is 2.74. The molecule has 92 valence electrons. The minimum absolute atomic E-state index is 0.146. The molecule has 1 heterocycles. The molecule has 0 bridgehead atoms. The Morgan fingerprint density at radius 3 is 2.82 bits per heavy atom. The first-order valence-corrected chi connectivity index (χ1v) is 5.68. The number of halogens is 1. The molecule has 1 aromatic carbocycles. The Kier molecular flexibility index (Phi) is 3.71. The number of hydrogen-bond acceptors (Lipinski definition) is 4. The van der Waals surface area contributed by atoms with E-state index in [4.69, 9.17) is 21.1 Å². The molecule has 1 aromatic rings. The second-order valence-corrected chi connectivity index (χ2v) is 3.92. The predicted octanol–water partition coefficient (Wildman–Crippen LogP) is 1.62. The van der Waals surface area contributed by atoms with Gasteiger partial charge in [-0.2, -0.15) is 0 Å². The van der Waals surface area contributed by atoms with Crippen molar-refractivity contribution in [2.24, 2.45) is 0 Å². The zero-order valence-electron chi connectivity index (χ0n) is 9.38. The lowest BCUT2D eigenvalue weighted by molar-refractivity contribution is -0.115. The second-order valence-electron chi connectivity index (χ2n) is 3.51. The van der Waals surface area contributed by atoms with E-state index in [1.807, 2.05) is 6.92 Å². The summed E-state index contributed by atoms with van der Waals surface area (Å²) in [5.41, 5.74) is 0.527. The molecular weight excluding hydrogens is 244 g/mol. The molecule has 17 heavy (non-hydrogen) atoms. The van der Waals surface area contributed by atoms with Gasteiger partial charge < -0.3 is 20.1 Å². The minimum Gasteiger partial charge on any atom is -0.454 e. The Balaban J connectivity index is 2.08. The van der Waals surface area contributed by atoms with E-state index in [1.165, 1.54) is 0 Å². The molecule has 0 spiro atoms. The van der Waals surface area contributed by atoms with Gasteiger partial charge in [-0.1, -0.05) is 18.5 Å². The number of fused-ring (bicyclic) bond motifs is 1. The highest BCUT2D eigenvalue weighted by atomic mass is 35.5. The molecule has 0 radical (unpaired) electrons. The van der Waals surface area contributed by atoms with Gasteiger partial charge in [0.25, 0.3) is 0 Å². The highest BCUT2D eigenvalue weighted by Crippen LogP contribution is 2.39. The Bertz CT molecular complexity index is 437. The van der Waals surface area contributed by atoms with Crippen molar-refractivity contribution in [1.29, 1.82) is 0 Å². The number of nitrogens with one attached hydrogen (secondary N) is 2. The fourth-order valence-electron chi connectivity index (χ4n) is 1.45. The van der Waals surface area contributed by atoms with Crippen LogP contribution >= 0.6 is 11.6 Å². The third-order valence-electron chi connectivity index (χ3n) is 2.27. The van der Waals surface area contributed by atoms with Gasteiger partial charge in [0.2, 0.25) is 12.7 Å². The van der Waals surface area contributed by atoms with Gasteiger partial charge in [0.05, 0.1) is 17.3 Å². The maximum absolute atomic E-state index is 11.5. The first-order chi connectivity index (χ1) is 8.20. The van der Waals surface area contributed by atoms with Gasteiger partial charge in [-0.3, -0.25) is 4.79 Å². The summed E-state index contributed by atoms with van der Waals surface area (Å²) in [6.07, 6.45) is 0. The number of benzene rings is 1. The van der Waals surface area contributed by atoms with Crippen molar-refractivity contribution in [3.8, 4) is 11.5 Å². The number of likely N-dealkylation sites (N-methyl/N-ethyl adjacent to an activating group) is 1. The number of anilines is 1. The third kappa shape index (κ3) is 2.81. The van der Waals surface area contributed by atoms with Crippen molar-refractivity contribution in [2.45, 2.75) is 6.92 Å². The summed E-state index contributed by atoms with van der Waals surface area (Å²) < 4.78 is 10.4. The van der Waals surface area contributed by atoms with Crippen LogP contribution in [-0.4, -0.2) is 25.8 Å². The SMILES string of the molecule is CCNCC(=O)Nc1cc2c(cc1Cl)OCO2. The van der Waals surface area contributed by atoms with Crippen LogP contribution in [0.4, 0.5) is 5.69 Å². The largest absolute Gasteiger partial charge is 0.454 e. The highest BCUT2D eigenvalue weighted by molar-refractivity contribution is 6.34. The Hall–Kier alpha value is -1.46. The molecule has 0 saturated carbocycles. The van der Waals surface area contributed by atoms with E-state index in [0.29, 0.717) is 22.2 Å². The van der Waals surface area contributed by atoms with Crippen LogP contribution in [0.1, 0.15) is 6.92 Å². The fraction of sp³-hybridized carbons (Fsp3) is 0.364. The summed E-state index contributed by atoms with van der Waals surface area (Å²) >= 11 is 6.02. The molecule has 0 fully saturated rings. The number of carbonyl (C=O) groups excluding carboxylic acids is 1. The molecule has 2 N–H and O–H groups in total. The van der Waals surface area contributed by atoms with Crippen LogP contribution in [-0.2, 0) is 4.79 Å². The molecular formula is C11H13ClN2O3. The number of rotatable bonds is 4. The number of amides is 1. The molecule has 1 aliphatic heterocycles. The second kappa shape index (κ2) is 5.25. The van der Waals surface area contributed by atoms with E-state index in [0.717, 1.165) is 6.54 Å². The third-order valence-corrected chi connectivity index (χ3v) is 2.58. The molecule has 0 unspecified atom stereocenters. The maximum atomic E-state index is 11.5. The van der Waals surface area contributed by atoms with Crippen molar-refractivity contribution < 1.29 is 14.3 Å². The Morgan fingerprint density at radius 1 is 1.41 bits per heavy atom. The van der Waals surface area contributed by atoms with Crippen molar-refractivity contribution in [3.63, 3.8) is 0 Å². The summed E-state index contributed by atoms with van der Waals surface area (Å²) in [5.74, 6) is 1.04. The molecule has 5 nitrogen and oxygen atoms in total. The van der Waals surface area contributed by atoms with Crippen LogP contribution in [0.2, 0.25) is 5.02 Å². The van der Waals surface area contributed by atoms with Crippen LogP contribution in [0.25, 0.3) is 0 Å². The van der Waals surface area contributed by atoms with Gasteiger partial charge in [0.15, 0.2) is 11.5 Å². The van der Waals surface area contributed by atoms with Crippen LogP contribution in [0, 0.1) is 0 Å². The monoisotopic (exact) mass is 256 g/mol. The maximum Gasteiger partial charge on any atom is 0.238 e. The zero-order chi connectivity index (χ0) is 12.3. The standard InChI is InChI=1S/C11H13ClN2O3/c1-2-13-5-11(15)14-8-4-10-9(3-7(8)12)16-6-17-10/h3-4,13H,2,5-6H2,1H3,(H,14,15). The first-order valence-electron chi connectivity index (χ1n) is 5.30. The van der Waals surface area contributed by atoms with E-state index >= 15 is 0 Å². The highest BCUT2D eigenvalue weighted by Gasteiger charge is 2.17. The van der Waals surface area contributed by atoms with Gasteiger partial charge in [0.1, 0.15) is 0 Å². The summed E-state index contributed by atoms with van der Waals surface area (Å²) in [6, 6.07) is 3.29. The van der Waals surface area contributed by atoms with Gasteiger partial charge >= 0.3 is 0 Å². The Morgan fingerprint density at radius 2 is 2.12 bits per heavy atom. The van der Waals surface area contributed by atoms with Crippen LogP contribution in [0.5, 0.6) is 11.5 Å². The van der Waals surface area contributed by atoms with Gasteiger partial charge in [-0.25, -0.2) is 0 Å². The van der Waals surface area contributed by atoms with Crippen molar-refractivity contribution in [2.75, 3.05) is 25.2 Å². The van der Waals surface area contributed by atoms with Crippen LogP contribution in [0.3, 0.4) is 0 Å². The van der Waals surface area contributed by atoms with E-state index in [9.17, 15) is 4.79 Å². The molecule has 1 aliphatic rings. The topological polar surface area (TPSA) is 59.6 Å². The molecule has 0 atom stereocenters. The first kappa shape index (κ1) is 12.0.